The Morgan fingerprint density at radius 2 is 1.79 bits per heavy atom. The summed E-state index contributed by atoms with van der Waals surface area (Å²) in [5, 5.41) is 2.43. The third-order valence-electron chi connectivity index (χ3n) is 4.61. The number of esters is 1. The van der Waals surface area contributed by atoms with Crippen LogP contribution in [0.4, 0.5) is 15.8 Å². The zero-order valence-corrected chi connectivity index (χ0v) is 18.8. The van der Waals surface area contributed by atoms with Crippen molar-refractivity contribution in [2.24, 2.45) is 5.73 Å². The maximum Gasteiger partial charge on any atom is 0.337 e. The lowest BCUT2D eigenvalue weighted by molar-refractivity contribution is 0.0600. The van der Waals surface area contributed by atoms with E-state index in [1.165, 1.54) is 61.7 Å². The second-order valence-electron chi connectivity index (χ2n) is 6.75. The Kier molecular flexibility index (Phi) is 7.32. The Morgan fingerprint density at radius 1 is 1.09 bits per heavy atom. The summed E-state index contributed by atoms with van der Waals surface area (Å²) in [5.41, 5.74) is 6.33. The maximum atomic E-state index is 14.0. The second-order valence-corrected chi connectivity index (χ2v) is 8.84. The van der Waals surface area contributed by atoms with E-state index in [9.17, 15) is 22.4 Å². The highest BCUT2D eigenvalue weighted by Crippen LogP contribution is 2.26. The van der Waals surface area contributed by atoms with Gasteiger partial charge in [-0.15, -0.1) is 0 Å². The summed E-state index contributed by atoms with van der Waals surface area (Å²) >= 11 is 5.93. The minimum Gasteiger partial charge on any atom is -0.465 e. The van der Waals surface area contributed by atoms with Crippen LogP contribution >= 0.6 is 11.6 Å². The minimum absolute atomic E-state index is 0.00645. The zero-order chi connectivity index (χ0) is 24.2. The summed E-state index contributed by atoms with van der Waals surface area (Å²) in [7, 11) is -2.84. The van der Waals surface area contributed by atoms with Crippen molar-refractivity contribution in [3.05, 3.63) is 88.2 Å². The predicted molar refractivity (Wildman–Crippen MR) is 122 cm³/mol. The second kappa shape index (κ2) is 9.99. The number of rotatable bonds is 7. The summed E-state index contributed by atoms with van der Waals surface area (Å²) in [6.07, 6.45) is 0. The van der Waals surface area contributed by atoms with Crippen molar-refractivity contribution in [1.29, 1.82) is 0 Å². The minimum atomic E-state index is -4.06. The number of anilines is 2. The topological polar surface area (TPSA) is 128 Å². The van der Waals surface area contributed by atoms with Crippen LogP contribution in [0.3, 0.4) is 0 Å². The number of hydrogen-bond acceptors (Lipinski definition) is 6. The molecule has 3 rings (SSSR count). The molecule has 0 unspecified atom stereocenters. The summed E-state index contributed by atoms with van der Waals surface area (Å²) < 4.78 is 46.7. The molecule has 0 radical (unpaired) electrons. The fourth-order valence-corrected chi connectivity index (χ4v) is 4.27. The van der Waals surface area contributed by atoms with Gasteiger partial charge < -0.3 is 15.8 Å². The van der Waals surface area contributed by atoms with E-state index in [-0.39, 0.29) is 39.0 Å². The molecule has 0 aliphatic heterocycles. The molecule has 0 spiro atoms. The molecule has 33 heavy (non-hydrogen) atoms. The number of hydrogen-bond donors (Lipinski definition) is 3. The molecule has 3 aromatic rings. The molecular weight excluding hydrogens is 473 g/mol. The number of carbonyl (C=O) groups is 2. The van der Waals surface area contributed by atoms with E-state index in [0.29, 0.717) is 5.56 Å². The van der Waals surface area contributed by atoms with Gasteiger partial charge in [-0.3, -0.25) is 9.52 Å². The third-order valence-corrected chi connectivity index (χ3v) is 6.30. The molecule has 0 saturated heterocycles. The van der Waals surface area contributed by atoms with E-state index in [0.717, 1.165) is 6.07 Å². The standard InChI is InChI=1S/C22H19ClFN3O5S/c1-32-22(29)13-6-9-16(10-7-13)33(30,31)27-19-11-15(8-5-14(19)12-25)26-21(28)20-17(23)3-2-4-18(20)24/h2-11,27H,12,25H2,1H3,(H,26,28). The Bertz CT molecular complexity index is 1290. The summed E-state index contributed by atoms with van der Waals surface area (Å²) in [5.74, 6) is -2.20. The SMILES string of the molecule is COC(=O)c1ccc(S(=O)(=O)Nc2cc(NC(=O)c3c(F)cccc3Cl)ccc2CN)cc1. The largest absolute Gasteiger partial charge is 0.465 e. The van der Waals surface area contributed by atoms with Crippen LogP contribution < -0.4 is 15.8 Å². The van der Waals surface area contributed by atoms with E-state index in [4.69, 9.17) is 17.3 Å². The first-order chi connectivity index (χ1) is 15.7. The summed E-state index contributed by atoms with van der Waals surface area (Å²) in [6.45, 7) is 0.00645. The number of benzene rings is 3. The molecule has 0 heterocycles. The molecule has 8 nitrogen and oxygen atoms in total. The van der Waals surface area contributed by atoms with Crippen LogP contribution in [0.2, 0.25) is 5.02 Å². The Balaban J connectivity index is 1.88. The third kappa shape index (κ3) is 5.48. The van der Waals surface area contributed by atoms with E-state index in [2.05, 4.69) is 14.8 Å². The number of nitrogens with one attached hydrogen (secondary N) is 2. The Labute approximate surface area is 194 Å². The lowest BCUT2D eigenvalue weighted by Gasteiger charge is -2.15. The van der Waals surface area contributed by atoms with E-state index in [1.54, 1.807) is 0 Å². The Hall–Kier alpha value is -3.47. The summed E-state index contributed by atoms with van der Waals surface area (Å²) in [6, 6.07) is 13.4. The van der Waals surface area contributed by atoms with Gasteiger partial charge in [0.15, 0.2) is 0 Å². The maximum absolute atomic E-state index is 14.0. The quantitative estimate of drug-likeness (QED) is 0.431. The normalized spacial score (nSPS) is 11.0. The molecular formula is C22H19ClFN3O5S. The lowest BCUT2D eigenvalue weighted by atomic mass is 10.1. The average molecular weight is 492 g/mol. The number of nitrogens with two attached hydrogens (primary N) is 1. The van der Waals surface area contributed by atoms with E-state index < -0.39 is 27.7 Å². The van der Waals surface area contributed by atoms with Gasteiger partial charge in [0.05, 0.1) is 33.8 Å². The number of carbonyl (C=O) groups excluding carboxylic acids is 2. The highest BCUT2D eigenvalue weighted by Gasteiger charge is 2.19. The number of sulfonamides is 1. The van der Waals surface area contributed by atoms with E-state index >= 15 is 0 Å². The van der Waals surface area contributed by atoms with Crippen molar-refractivity contribution >= 4 is 44.9 Å². The van der Waals surface area contributed by atoms with Gasteiger partial charge in [0, 0.05) is 12.2 Å². The summed E-state index contributed by atoms with van der Waals surface area (Å²) in [4.78, 5) is 23.9. The van der Waals surface area contributed by atoms with Gasteiger partial charge in [0.1, 0.15) is 5.82 Å². The highest BCUT2D eigenvalue weighted by molar-refractivity contribution is 7.92. The first-order valence-electron chi connectivity index (χ1n) is 9.46. The molecule has 11 heteroatoms. The number of amides is 1. The molecule has 0 saturated carbocycles. The van der Waals surface area contributed by atoms with Crippen LogP contribution in [0.15, 0.2) is 65.6 Å². The van der Waals surface area contributed by atoms with Crippen LogP contribution in [0.5, 0.6) is 0 Å². The van der Waals surface area contributed by atoms with Gasteiger partial charge in [0.25, 0.3) is 15.9 Å². The van der Waals surface area contributed by atoms with Crippen molar-refractivity contribution in [2.45, 2.75) is 11.4 Å². The van der Waals surface area contributed by atoms with Crippen molar-refractivity contribution in [3.8, 4) is 0 Å². The van der Waals surface area contributed by atoms with Gasteiger partial charge in [0.2, 0.25) is 0 Å². The number of ether oxygens (including phenoxy) is 1. The van der Waals surface area contributed by atoms with Crippen LogP contribution in [0.25, 0.3) is 0 Å². The molecule has 0 bridgehead atoms. The molecule has 172 valence electrons. The van der Waals surface area contributed by atoms with Gasteiger partial charge in [-0.05, 0) is 54.1 Å². The molecule has 0 aromatic heterocycles. The molecule has 0 atom stereocenters. The molecule has 0 aliphatic carbocycles. The van der Waals surface area contributed by atoms with Gasteiger partial charge in [-0.25, -0.2) is 17.6 Å². The van der Waals surface area contributed by atoms with Crippen molar-refractivity contribution in [1.82, 2.24) is 0 Å². The van der Waals surface area contributed by atoms with Crippen LogP contribution in [-0.4, -0.2) is 27.4 Å². The van der Waals surface area contributed by atoms with Crippen molar-refractivity contribution in [2.75, 3.05) is 17.1 Å². The predicted octanol–water partition coefficient (Wildman–Crippen LogP) is 3.78. The smallest absolute Gasteiger partial charge is 0.337 e. The van der Waals surface area contributed by atoms with Crippen molar-refractivity contribution < 1.29 is 27.1 Å². The average Bonchev–Trinajstić information content (AvgIpc) is 2.78. The number of halogens is 2. The molecule has 4 N–H and O–H groups in total. The monoisotopic (exact) mass is 491 g/mol. The fourth-order valence-electron chi connectivity index (χ4n) is 2.93. The number of methoxy groups -OCH3 is 1. The first-order valence-corrected chi connectivity index (χ1v) is 11.3. The highest BCUT2D eigenvalue weighted by atomic mass is 35.5. The van der Waals surface area contributed by atoms with Crippen LogP contribution in [0, 0.1) is 5.82 Å². The van der Waals surface area contributed by atoms with Gasteiger partial charge in [-0.2, -0.15) is 0 Å². The van der Waals surface area contributed by atoms with Crippen molar-refractivity contribution in [3.63, 3.8) is 0 Å². The molecule has 3 aromatic carbocycles. The van der Waals surface area contributed by atoms with Crippen LogP contribution in [-0.2, 0) is 21.3 Å². The lowest BCUT2D eigenvalue weighted by Crippen LogP contribution is -2.17. The van der Waals surface area contributed by atoms with E-state index in [1.807, 2.05) is 0 Å². The van der Waals surface area contributed by atoms with Gasteiger partial charge >= 0.3 is 5.97 Å². The Morgan fingerprint density at radius 3 is 2.39 bits per heavy atom. The fraction of sp³-hybridized carbons (Fsp3) is 0.0909. The van der Waals surface area contributed by atoms with Crippen LogP contribution in [0.1, 0.15) is 26.3 Å². The molecule has 0 fully saturated rings. The first kappa shape index (κ1) is 24.2. The van der Waals surface area contributed by atoms with Gasteiger partial charge in [-0.1, -0.05) is 23.7 Å². The molecule has 0 aliphatic rings. The molecule has 1 amide bonds. The zero-order valence-electron chi connectivity index (χ0n) is 17.3.